The van der Waals surface area contributed by atoms with Gasteiger partial charge in [-0.1, -0.05) is 72.8 Å². The first-order valence-corrected chi connectivity index (χ1v) is 13.3. The van der Waals surface area contributed by atoms with Crippen molar-refractivity contribution in [2.24, 2.45) is 0 Å². The summed E-state index contributed by atoms with van der Waals surface area (Å²) in [5.74, 6) is 0.913. The third kappa shape index (κ3) is 4.56. The predicted octanol–water partition coefficient (Wildman–Crippen LogP) is 7.83. The zero-order chi connectivity index (χ0) is 28.7. The molecule has 0 aromatic heterocycles. The van der Waals surface area contributed by atoms with Crippen LogP contribution in [0, 0.1) is 13.8 Å². The van der Waals surface area contributed by atoms with Gasteiger partial charge in [0.25, 0.3) is 0 Å². The van der Waals surface area contributed by atoms with Gasteiger partial charge in [0.2, 0.25) is 0 Å². The Kier molecular flexibility index (Phi) is 6.80. The van der Waals surface area contributed by atoms with E-state index in [0.717, 1.165) is 44.5 Å². The molecule has 5 aromatic carbocycles. The van der Waals surface area contributed by atoms with Gasteiger partial charge in [-0.25, -0.2) is 0 Å². The third-order valence-corrected chi connectivity index (χ3v) is 8.48. The van der Waals surface area contributed by atoms with Gasteiger partial charge in [0.1, 0.15) is 23.0 Å². The molecular formula is C36H34O4. The molecule has 0 unspecified atom stereocenters. The fourth-order valence-corrected chi connectivity index (χ4v) is 5.66. The second-order valence-corrected chi connectivity index (χ2v) is 10.9. The van der Waals surface area contributed by atoms with Gasteiger partial charge in [0.05, 0.1) is 0 Å². The lowest BCUT2D eigenvalue weighted by Gasteiger charge is -2.35. The molecule has 4 nitrogen and oxygen atoms in total. The number of phenols is 4. The Morgan fingerprint density at radius 1 is 0.375 bits per heavy atom. The molecule has 0 spiro atoms. The quantitative estimate of drug-likeness (QED) is 0.169. The second kappa shape index (κ2) is 10.1. The Labute approximate surface area is 235 Å². The summed E-state index contributed by atoms with van der Waals surface area (Å²) in [6, 6.07) is 34.4. The number of benzene rings is 5. The zero-order valence-corrected chi connectivity index (χ0v) is 23.2. The maximum atomic E-state index is 10.2. The lowest BCUT2D eigenvalue weighted by Crippen LogP contribution is -2.27. The first kappa shape index (κ1) is 26.9. The molecule has 0 aliphatic rings. The maximum Gasteiger partial charge on any atom is 0.118 e. The fourth-order valence-electron chi connectivity index (χ4n) is 5.66. The van der Waals surface area contributed by atoms with Gasteiger partial charge in [-0.05, 0) is 109 Å². The summed E-state index contributed by atoms with van der Waals surface area (Å²) >= 11 is 0. The van der Waals surface area contributed by atoms with Crippen LogP contribution in [0.1, 0.15) is 58.4 Å². The van der Waals surface area contributed by atoms with Crippen molar-refractivity contribution in [3.8, 4) is 23.0 Å². The predicted molar refractivity (Wildman–Crippen MR) is 159 cm³/mol. The molecule has 0 radical (unpaired) electrons. The lowest BCUT2D eigenvalue weighted by molar-refractivity contribution is 0.469. The van der Waals surface area contributed by atoms with Crippen LogP contribution in [0.3, 0.4) is 0 Å². The third-order valence-electron chi connectivity index (χ3n) is 8.48. The van der Waals surface area contributed by atoms with Crippen molar-refractivity contribution >= 4 is 0 Å². The van der Waals surface area contributed by atoms with Crippen LogP contribution in [-0.2, 0) is 10.8 Å². The van der Waals surface area contributed by atoms with Gasteiger partial charge in [-0.15, -0.1) is 0 Å². The summed E-state index contributed by atoms with van der Waals surface area (Å²) < 4.78 is 0. The van der Waals surface area contributed by atoms with E-state index >= 15 is 0 Å². The van der Waals surface area contributed by atoms with Crippen molar-refractivity contribution in [2.45, 2.75) is 38.5 Å². The molecule has 0 saturated heterocycles. The van der Waals surface area contributed by atoms with Crippen LogP contribution in [0.2, 0.25) is 0 Å². The Bertz CT molecular complexity index is 1550. The Balaban J connectivity index is 1.69. The van der Waals surface area contributed by atoms with E-state index in [9.17, 15) is 20.4 Å². The van der Waals surface area contributed by atoms with Crippen molar-refractivity contribution in [3.63, 3.8) is 0 Å². The number of phenolic OH excluding ortho intramolecular Hbond substituents is 4. The minimum Gasteiger partial charge on any atom is -0.508 e. The van der Waals surface area contributed by atoms with E-state index in [4.69, 9.17) is 0 Å². The number of aryl methyl sites for hydroxylation is 2. The van der Waals surface area contributed by atoms with E-state index in [1.54, 1.807) is 36.4 Å². The fraction of sp³-hybridized carbons (Fsp3) is 0.167. The summed E-state index contributed by atoms with van der Waals surface area (Å²) in [6.07, 6.45) is 0. The van der Waals surface area contributed by atoms with Crippen LogP contribution >= 0.6 is 0 Å². The highest BCUT2D eigenvalue weighted by Gasteiger charge is 2.35. The van der Waals surface area contributed by atoms with Gasteiger partial charge in [0.15, 0.2) is 0 Å². The van der Waals surface area contributed by atoms with E-state index in [2.05, 4.69) is 38.1 Å². The van der Waals surface area contributed by atoms with Crippen LogP contribution in [0.4, 0.5) is 0 Å². The summed E-state index contributed by atoms with van der Waals surface area (Å²) in [6.45, 7) is 8.10. The molecule has 40 heavy (non-hydrogen) atoms. The van der Waals surface area contributed by atoms with Gasteiger partial charge in [0, 0.05) is 10.8 Å². The number of hydrogen-bond acceptors (Lipinski definition) is 4. The molecule has 4 heteroatoms. The lowest BCUT2D eigenvalue weighted by atomic mass is 9.68. The highest BCUT2D eigenvalue weighted by molar-refractivity contribution is 5.56. The average molecular weight is 531 g/mol. The summed E-state index contributed by atoms with van der Waals surface area (Å²) in [5.41, 5.74) is 6.66. The standard InChI is InChI=1S/C36H34O4/c1-23-21-29(13-19-33(23)39)36(4,30-14-20-34(40)24(2)22-30)26-7-5-25(6-8-26)35(3,27-9-15-31(37)16-10-27)28-11-17-32(38)18-12-28/h5-22,37-40H,1-4H3. The van der Waals surface area contributed by atoms with Crippen molar-refractivity contribution in [1.82, 2.24) is 0 Å². The smallest absolute Gasteiger partial charge is 0.118 e. The van der Waals surface area contributed by atoms with Crippen molar-refractivity contribution in [1.29, 1.82) is 0 Å². The molecule has 0 aliphatic carbocycles. The number of hydrogen-bond donors (Lipinski definition) is 4. The second-order valence-electron chi connectivity index (χ2n) is 10.9. The van der Waals surface area contributed by atoms with Crippen LogP contribution in [0.5, 0.6) is 23.0 Å². The summed E-state index contributed by atoms with van der Waals surface area (Å²) in [5, 5.41) is 40.4. The monoisotopic (exact) mass is 530 g/mol. The summed E-state index contributed by atoms with van der Waals surface area (Å²) in [4.78, 5) is 0. The highest BCUT2D eigenvalue weighted by Crippen LogP contribution is 2.44. The highest BCUT2D eigenvalue weighted by atomic mass is 16.3. The van der Waals surface area contributed by atoms with E-state index in [1.807, 2.05) is 62.4 Å². The first-order chi connectivity index (χ1) is 19.0. The SMILES string of the molecule is Cc1cc(C(C)(c2ccc(C(C)(c3ccc(O)cc3)c3ccc(O)cc3)cc2)c2ccc(O)c(C)c2)ccc1O. The molecule has 202 valence electrons. The van der Waals surface area contributed by atoms with E-state index < -0.39 is 10.8 Å². The molecule has 0 aliphatic heterocycles. The van der Waals surface area contributed by atoms with Crippen LogP contribution in [-0.4, -0.2) is 20.4 Å². The van der Waals surface area contributed by atoms with E-state index in [0.29, 0.717) is 0 Å². The Morgan fingerprint density at radius 3 is 0.925 bits per heavy atom. The molecule has 0 fully saturated rings. The Hall–Kier alpha value is -4.70. The van der Waals surface area contributed by atoms with Crippen LogP contribution in [0.25, 0.3) is 0 Å². The van der Waals surface area contributed by atoms with Crippen LogP contribution in [0.15, 0.2) is 109 Å². The molecule has 5 rings (SSSR count). The molecule has 5 aromatic rings. The largest absolute Gasteiger partial charge is 0.508 e. The van der Waals surface area contributed by atoms with Crippen LogP contribution < -0.4 is 0 Å². The van der Waals surface area contributed by atoms with Crippen molar-refractivity contribution in [2.75, 3.05) is 0 Å². The minimum atomic E-state index is -0.567. The number of aromatic hydroxyl groups is 4. The van der Waals surface area contributed by atoms with Gasteiger partial charge in [-0.3, -0.25) is 0 Å². The normalized spacial score (nSPS) is 11.9. The van der Waals surface area contributed by atoms with Gasteiger partial charge < -0.3 is 20.4 Å². The average Bonchev–Trinajstić information content (AvgIpc) is 2.96. The Morgan fingerprint density at radius 2 is 0.625 bits per heavy atom. The topological polar surface area (TPSA) is 80.9 Å². The van der Waals surface area contributed by atoms with Crippen molar-refractivity contribution < 1.29 is 20.4 Å². The van der Waals surface area contributed by atoms with Crippen molar-refractivity contribution in [3.05, 3.63) is 154 Å². The zero-order valence-electron chi connectivity index (χ0n) is 23.2. The van der Waals surface area contributed by atoms with Gasteiger partial charge in [-0.2, -0.15) is 0 Å². The van der Waals surface area contributed by atoms with E-state index in [1.165, 1.54) is 0 Å². The van der Waals surface area contributed by atoms with Gasteiger partial charge >= 0.3 is 0 Å². The molecule has 4 N–H and O–H groups in total. The maximum absolute atomic E-state index is 10.2. The molecule has 0 heterocycles. The molecule has 0 saturated carbocycles. The minimum absolute atomic E-state index is 0.205. The molecular weight excluding hydrogens is 496 g/mol. The van der Waals surface area contributed by atoms with E-state index in [-0.39, 0.29) is 23.0 Å². The molecule has 0 amide bonds. The first-order valence-electron chi connectivity index (χ1n) is 13.3. The summed E-state index contributed by atoms with van der Waals surface area (Å²) in [7, 11) is 0. The molecule has 0 atom stereocenters. The number of rotatable bonds is 6. The molecule has 0 bridgehead atoms.